The normalized spacial score (nSPS) is 28.9. The molecule has 20 heavy (non-hydrogen) atoms. The van der Waals surface area contributed by atoms with Crippen LogP contribution in [0.5, 0.6) is 0 Å². The highest BCUT2D eigenvalue weighted by atomic mass is 35.5. The maximum Gasteiger partial charge on any atom is 0.0440 e. The summed E-state index contributed by atoms with van der Waals surface area (Å²) in [7, 11) is 0. The molecule has 2 heteroatoms. The van der Waals surface area contributed by atoms with E-state index < -0.39 is 0 Å². The summed E-state index contributed by atoms with van der Waals surface area (Å²) in [5.74, 6) is 1.57. The molecule has 0 aliphatic heterocycles. The van der Waals surface area contributed by atoms with Gasteiger partial charge in [0.05, 0.1) is 0 Å². The fourth-order valence-corrected chi connectivity index (χ4v) is 4.25. The molecule has 2 saturated carbocycles. The lowest BCUT2D eigenvalue weighted by atomic mass is 9.75. The van der Waals surface area contributed by atoms with Crippen LogP contribution < -0.4 is 5.32 Å². The first-order chi connectivity index (χ1) is 9.74. The van der Waals surface area contributed by atoms with Gasteiger partial charge in [-0.3, -0.25) is 0 Å². The van der Waals surface area contributed by atoms with Crippen molar-refractivity contribution >= 4 is 11.6 Å². The van der Waals surface area contributed by atoms with Gasteiger partial charge in [0, 0.05) is 17.1 Å². The smallest absolute Gasteiger partial charge is 0.0440 e. The van der Waals surface area contributed by atoms with E-state index in [-0.39, 0.29) is 0 Å². The van der Waals surface area contributed by atoms with Gasteiger partial charge < -0.3 is 5.32 Å². The van der Waals surface area contributed by atoms with E-state index in [1.165, 1.54) is 50.5 Å². The van der Waals surface area contributed by atoms with Crippen LogP contribution >= 0.6 is 11.6 Å². The molecule has 1 atom stereocenters. The maximum atomic E-state index is 6.29. The van der Waals surface area contributed by atoms with E-state index in [2.05, 4.69) is 24.4 Å². The minimum absolute atomic E-state index is 0.666. The minimum Gasteiger partial charge on any atom is -0.311 e. The van der Waals surface area contributed by atoms with Gasteiger partial charge in [-0.25, -0.2) is 0 Å². The number of nitrogens with one attached hydrogen (secondary N) is 1. The third-order valence-corrected chi connectivity index (χ3v) is 5.68. The van der Waals surface area contributed by atoms with Gasteiger partial charge in [-0.15, -0.1) is 0 Å². The second-order valence-corrected chi connectivity index (χ2v) is 7.15. The Balaban J connectivity index is 1.47. The summed E-state index contributed by atoms with van der Waals surface area (Å²) in [6, 6.07) is 9.72. The topological polar surface area (TPSA) is 12.0 Å². The van der Waals surface area contributed by atoms with Crippen molar-refractivity contribution in [3.8, 4) is 0 Å². The van der Waals surface area contributed by atoms with Crippen molar-refractivity contribution in [3.63, 3.8) is 0 Å². The Hall–Kier alpha value is -0.530. The Labute approximate surface area is 128 Å². The van der Waals surface area contributed by atoms with Crippen molar-refractivity contribution < 1.29 is 0 Å². The summed E-state index contributed by atoms with van der Waals surface area (Å²) in [5, 5.41) is 4.80. The Morgan fingerprint density at radius 3 is 2.50 bits per heavy atom. The van der Waals surface area contributed by atoms with Crippen molar-refractivity contribution in [2.24, 2.45) is 5.92 Å². The van der Waals surface area contributed by atoms with Gasteiger partial charge in [-0.05, 0) is 56.1 Å². The molecule has 110 valence electrons. The van der Waals surface area contributed by atoms with Crippen molar-refractivity contribution in [1.29, 1.82) is 0 Å². The molecule has 0 aromatic heterocycles. The van der Waals surface area contributed by atoms with Crippen LogP contribution in [-0.4, -0.2) is 12.1 Å². The summed E-state index contributed by atoms with van der Waals surface area (Å²) in [5.41, 5.74) is 1.34. The van der Waals surface area contributed by atoms with Gasteiger partial charge >= 0.3 is 0 Å². The second kappa shape index (κ2) is 6.49. The zero-order valence-electron chi connectivity index (χ0n) is 12.4. The van der Waals surface area contributed by atoms with Crippen molar-refractivity contribution in [2.75, 3.05) is 0 Å². The van der Waals surface area contributed by atoms with E-state index in [4.69, 9.17) is 11.6 Å². The van der Waals surface area contributed by atoms with Crippen LogP contribution in [0.2, 0.25) is 5.02 Å². The van der Waals surface area contributed by atoms with Crippen LogP contribution in [0.15, 0.2) is 24.3 Å². The minimum atomic E-state index is 0.666. The fraction of sp³-hybridized carbons (Fsp3) is 0.667. The molecule has 1 unspecified atom stereocenters. The molecule has 1 aromatic rings. The van der Waals surface area contributed by atoms with E-state index >= 15 is 0 Å². The number of benzene rings is 1. The predicted octanol–water partition coefficient (Wildman–Crippen LogP) is 5.14. The molecule has 0 amide bonds. The molecule has 0 saturated heterocycles. The monoisotopic (exact) mass is 291 g/mol. The highest BCUT2D eigenvalue weighted by Crippen LogP contribution is 2.40. The van der Waals surface area contributed by atoms with Crippen molar-refractivity contribution in [2.45, 2.75) is 69.9 Å². The zero-order valence-corrected chi connectivity index (χ0v) is 13.2. The zero-order chi connectivity index (χ0) is 13.9. The van der Waals surface area contributed by atoms with Gasteiger partial charge in [-0.2, -0.15) is 0 Å². The Morgan fingerprint density at radius 1 is 1.10 bits per heavy atom. The molecule has 1 aromatic carbocycles. The summed E-state index contributed by atoms with van der Waals surface area (Å²) in [4.78, 5) is 0. The summed E-state index contributed by atoms with van der Waals surface area (Å²) < 4.78 is 0. The average Bonchev–Trinajstić information content (AvgIpc) is 2.44. The number of hydrogen-bond acceptors (Lipinski definition) is 1. The standard InChI is InChI=1S/C18H26ClN/c1-13(14-7-3-2-4-8-14)20-16-11-15(12-16)17-9-5-6-10-18(17)19/h5-6,9-10,13-16,20H,2-4,7-8,11-12H2,1H3. The quantitative estimate of drug-likeness (QED) is 0.809. The van der Waals surface area contributed by atoms with Crippen LogP contribution in [-0.2, 0) is 0 Å². The van der Waals surface area contributed by atoms with Crippen LogP contribution in [0.3, 0.4) is 0 Å². The lowest BCUT2D eigenvalue weighted by Gasteiger charge is -2.40. The highest BCUT2D eigenvalue weighted by molar-refractivity contribution is 6.31. The largest absolute Gasteiger partial charge is 0.311 e. The van der Waals surface area contributed by atoms with Crippen LogP contribution in [0.25, 0.3) is 0 Å². The molecule has 1 nitrogen and oxygen atoms in total. The summed E-state index contributed by atoms with van der Waals surface area (Å²) in [6.07, 6.45) is 9.67. The first-order valence-electron chi connectivity index (χ1n) is 8.24. The molecule has 0 heterocycles. The molecule has 0 radical (unpaired) electrons. The first-order valence-corrected chi connectivity index (χ1v) is 8.62. The van der Waals surface area contributed by atoms with Gasteiger partial charge in [0.2, 0.25) is 0 Å². The number of hydrogen-bond donors (Lipinski definition) is 1. The van der Waals surface area contributed by atoms with E-state index in [9.17, 15) is 0 Å². The maximum absolute atomic E-state index is 6.29. The van der Waals surface area contributed by atoms with Crippen LogP contribution in [0.4, 0.5) is 0 Å². The molecular weight excluding hydrogens is 266 g/mol. The second-order valence-electron chi connectivity index (χ2n) is 6.74. The molecule has 2 aliphatic rings. The molecule has 2 aliphatic carbocycles. The molecule has 2 fully saturated rings. The lowest BCUT2D eigenvalue weighted by molar-refractivity contribution is 0.211. The third kappa shape index (κ3) is 3.20. The lowest BCUT2D eigenvalue weighted by Crippen LogP contribution is -2.47. The Morgan fingerprint density at radius 2 is 1.80 bits per heavy atom. The summed E-state index contributed by atoms with van der Waals surface area (Å²) >= 11 is 6.29. The molecule has 1 N–H and O–H groups in total. The van der Waals surface area contributed by atoms with Gasteiger partial charge in [0.25, 0.3) is 0 Å². The molecule has 3 rings (SSSR count). The highest BCUT2D eigenvalue weighted by Gasteiger charge is 2.33. The Bertz CT molecular complexity index is 433. The van der Waals surface area contributed by atoms with Crippen LogP contribution in [0, 0.1) is 5.92 Å². The summed E-state index contributed by atoms with van der Waals surface area (Å²) in [6.45, 7) is 2.39. The molecule has 0 spiro atoms. The SMILES string of the molecule is CC(NC1CC(c2ccccc2Cl)C1)C1CCCCC1. The number of rotatable bonds is 4. The Kier molecular flexibility index (Phi) is 4.68. The van der Waals surface area contributed by atoms with Crippen molar-refractivity contribution in [3.05, 3.63) is 34.9 Å². The predicted molar refractivity (Wildman–Crippen MR) is 86.4 cm³/mol. The van der Waals surface area contributed by atoms with Crippen molar-refractivity contribution in [1.82, 2.24) is 5.32 Å². The average molecular weight is 292 g/mol. The molecular formula is C18H26ClN. The van der Waals surface area contributed by atoms with E-state index in [0.717, 1.165) is 10.9 Å². The number of halogens is 1. The van der Waals surface area contributed by atoms with Gasteiger partial charge in [-0.1, -0.05) is 49.1 Å². The molecule has 0 bridgehead atoms. The fourth-order valence-electron chi connectivity index (χ4n) is 3.96. The van der Waals surface area contributed by atoms with Gasteiger partial charge in [0.1, 0.15) is 0 Å². The van der Waals surface area contributed by atoms with E-state index in [1.807, 2.05) is 12.1 Å². The van der Waals surface area contributed by atoms with Crippen LogP contribution in [0.1, 0.15) is 63.4 Å². The van der Waals surface area contributed by atoms with E-state index in [0.29, 0.717) is 18.0 Å². The third-order valence-electron chi connectivity index (χ3n) is 5.34. The van der Waals surface area contributed by atoms with Gasteiger partial charge in [0.15, 0.2) is 0 Å². The first kappa shape index (κ1) is 14.4. The van der Waals surface area contributed by atoms with E-state index in [1.54, 1.807) is 0 Å².